The number of nitrogens with zero attached hydrogens (tertiary/aromatic N) is 2. The largest absolute Gasteiger partial charge is 0.346 e. The van der Waals surface area contributed by atoms with Gasteiger partial charge < -0.3 is 20.9 Å². The van der Waals surface area contributed by atoms with Gasteiger partial charge in [0.1, 0.15) is 5.69 Å². The van der Waals surface area contributed by atoms with Crippen molar-refractivity contribution in [3.8, 4) is 0 Å². The molecule has 1 fully saturated rings. The number of amides is 4. The molecule has 0 bridgehead atoms. The topological polar surface area (TPSA) is 136 Å². The van der Waals surface area contributed by atoms with Gasteiger partial charge in [-0.3, -0.25) is 24.3 Å². The molecule has 0 aliphatic carbocycles. The Morgan fingerprint density at radius 2 is 1.77 bits per heavy atom. The molecule has 2 heterocycles. The highest BCUT2D eigenvalue weighted by Crippen LogP contribution is 2.26. The quantitative estimate of drug-likeness (QED) is 0.280. The molecular formula is C28H28Cl2N6O4. The van der Waals surface area contributed by atoms with Crippen molar-refractivity contribution in [3.63, 3.8) is 0 Å². The van der Waals surface area contributed by atoms with Gasteiger partial charge >= 0.3 is 0 Å². The van der Waals surface area contributed by atoms with Crippen molar-refractivity contribution < 1.29 is 19.2 Å². The molecule has 40 heavy (non-hydrogen) atoms. The van der Waals surface area contributed by atoms with E-state index in [0.717, 1.165) is 6.42 Å². The minimum absolute atomic E-state index is 0.0615. The lowest BCUT2D eigenvalue weighted by Crippen LogP contribution is -2.49. The zero-order valence-corrected chi connectivity index (χ0v) is 23.2. The van der Waals surface area contributed by atoms with Crippen LogP contribution in [0.1, 0.15) is 57.4 Å². The fourth-order valence-corrected chi connectivity index (χ4v) is 4.85. The number of benzene rings is 2. The molecule has 0 saturated carbocycles. The van der Waals surface area contributed by atoms with E-state index in [0.29, 0.717) is 37.2 Å². The number of hydrogen-bond donors (Lipinski definition) is 4. The standard InChI is InChI=1S/C28H28Cl2N6O4/c1-2-3-9-23(37)32-18-12-10-17(11-13-18)28(40)36-14-5-6-19(16-36)33-27(39)25-22(15-31-35-25)34-26(38)24-20(29)7-4-8-21(24)30/h3-4,7-13,15,19H,2,5-6,14,16H2,1H3,(H,31,35)(H,32,37)(H,33,39)(H,34,38)/b9-3+/t19-/m1/s1. The Morgan fingerprint density at radius 1 is 1.05 bits per heavy atom. The van der Waals surface area contributed by atoms with Gasteiger partial charge in [0.2, 0.25) is 5.91 Å². The van der Waals surface area contributed by atoms with Crippen LogP contribution in [-0.2, 0) is 4.79 Å². The second-order valence-corrected chi connectivity index (χ2v) is 9.96. The van der Waals surface area contributed by atoms with E-state index in [4.69, 9.17) is 23.2 Å². The molecule has 0 spiro atoms. The first kappa shape index (κ1) is 28.8. The molecule has 12 heteroatoms. The Balaban J connectivity index is 1.36. The summed E-state index contributed by atoms with van der Waals surface area (Å²) in [7, 11) is 0. The van der Waals surface area contributed by atoms with E-state index in [-0.39, 0.29) is 44.8 Å². The maximum atomic E-state index is 13.1. The SMILES string of the molecule is CC/C=C/C(=O)Nc1ccc(C(=O)N2CCC[C@@H](NC(=O)c3[nH]ncc3NC(=O)c3c(Cl)cccc3Cl)C2)cc1. The van der Waals surface area contributed by atoms with Gasteiger partial charge in [-0.05, 0) is 61.7 Å². The minimum atomic E-state index is -0.580. The van der Waals surface area contributed by atoms with Gasteiger partial charge in [-0.15, -0.1) is 0 Å². The van der Waals surface area contributed by atoms with Gasteiger partial charge in [-0.1, -0.05) is 42.3 Å². The summed E-state index contributed by atoms with van der Waals surface area (Å²) in [5.74, 6) is -1.46. The highest BCUT2D eigenvalue weighted by atomic mass is 35.5. The Hall–Kier alpha value is -4.15. The first-order chi connectivity index (χ1) is 19.3. The van der Waals surface area contributed by atoms with Crippen molar-refractivity contribution in [1.82, 2.24) is 20.4 Å². The average molecular weight is 583 g/mol. The molecule has 1 saturated heterocycles. The van der Waals surface area contributed by atoms with Crippen LogP contribution in [0.3, 0.4) is 0 Å². The fourth-order valence-electron chi connectivity index (χ4n) is 4.28. The summed E-state index contributed by atoms with van der Waals surface area (Å²) < 4.78 is 0. The number of H-pyrrole nitrogens is 1. The van der Waals surface area contributed by atoms with Gasteiger partial charge in [0, 0.05) is 30.4 Å². The third-order valence-corrected chi connectivity index (χ3v) is 6.88. The first-order valence-electron chi connectivity index (χ1n) is 12.7. The van der Waals surface area contributed by atoms with Crippen molar-refractivity contribution in [1.29, 1.82) is 0 Å². The van der Waals surface area contributed by atoms with E-state index in [1.807, 2.05) is 6.92 Å². The maximum Gasteiger partial charge on any atom is 0.271 e. The summed E-state index contributed by atoms with van der Waals surface area (Å²) >= 11 is 12.2. The molecular weight excluding hydrogens is 555 g/mol. The van der Waals surface area contributed by atoms with Crippen LogP contribution in [0.4, 0.5) is 11.4 Å². The number of anilines is 2. The second kappa shape index (κ2) is 13.3. The third-order valence-electron chi connectivity index (χ3n) is 6.25. The number of rotatable bonds is 8. The van der Waals surface area contributed by atoms with Crippen molar-refractivity contribution in [3.05, 3.63) is 87.7 Å². The Morgan fingerprint density at radius 3 is 2.48 bits per heavy atom. The van der Waals surface area contributed by atoms with Gasteiger partial charge in [0.15, 0.2) is 0 Å². The molecule has 4 amide bonds. The van der Waals surface area contributed by atoms with Crippen LogP contribution in [0.2, 0.25) is 10.0 Å². The monoisotopic (exact) mass is 582 g/mol. The van der Waals surface area contributed by atoms with Crippen LogP contribution in [0.5, 0.6) is 0 Å². The number of hydrogen-bond acceptors (Lipinski definition) is 5. The molecule has 1 aliphatic rings. The fraction of sp³-hybridized carbons (Fsp3) is 0.250. The van der Waals surface area contributed by atoms with Gasteiger partial charge in [0.25, 0.3) is 17.7 Å². The summed E-state index contributed by atoms with van der Waals surface area (Å²) in [5, 5.41) is 15.1. The number of aromatic amines is 1. The number of nitrogens with one attached hydrogen (secondary N) is 4. The minimum Gasteiger partial charge on any atom is -0.346 e. The normalized spacial score (nSPS) is 15.1. The van der Waals surface area contributed by atoms with E-state index in [9.17, 15) is 19.2 Å². The molecule has 2 aromatic carbocycles. The van der Waals surface area contributed by atoms with E-state index in [1.165, 1.54) is 12.3 Å². The van der Waals surface area contributed by atoms with Crippen molar-refractivity contribution in [2.75, 3.05) is 23.7 Å². The van der Waals surface area contributed by atoms with Crippen LogP contribution >= 0.6 is 23.2 Å². The third kappa shape index (κ3) is 7.08. The van der Waals surface area contributed by atoms with Gasteiger partial charge in [0.05, 0.1) is 27.5 Å². The smallest absolute Gasteiger partial charge is 0.271 e. The zero-order chi connectivity index (χ0) is 28.6. The number of piperidine rings is 1. The second-order valence-electron chi connectivity index (χ2n) is 9.15. The molecule has 4 N–H and O–H groups in total. The summed E-state index contributed by atoms with van der Waals surface area (Å²) in [6.07, 6.45) is 6.69. The van der Waals surface area contributed by atoms with Gasteiger partial charge in [-0.25, -0.2) is 0 Å². The number of carbonyl (C=O) groups is 4. The lowest BCUT2D eigenvalue weighted by molar-refractivity contribution is -0.111. The summed E-state index contributed by atoms with van der Waals surface area (Å²) in [5.41, 5.74) is 1.38. The lowest BCUT2D eigenvalue weighted by Gasteiger charge is -2.33. The van der Waals surface area contributed by atoms with Crippen LogP contribution in [0.15, 0.2) is 60.8 Å². The molecule has 3 aromatic rings. The maximum absolute atomic E-state index is 13.1. The predicted molar refractivity (Wildman–Crippen MR) is 154 cm³/mol. The summed E-state index contributed by atoms with van der Waals surface area (Å²) in [6.45, 7) is 2.81. The van der Waals surface area contributed by atoms with Crippen LogP contribution < -0.4 is 16.0 Å². The molecule has 1 aromatic heterocycles. The Labute approximate surface area is 241 Å². The van der Waals surface area contributed by atoms with Crippen molar-refractivity contribution >= 4 is 58.2 Å². The average Bonchev–Trinajstić information content (AvgIpc) is 3.40. The van der Waals surface area contributed by atoms with Crippen molar-refractivity contribution in [2.45, 2.75) is 32.2 Å². The summed E-state index contributed by atoms with van der Waals surface area (Å²) in [6, 6.07) is 11.1. The molecule has 0 unspecified atom stereocenters. The van der Waals surface area contributed by atoms with E-state index >= 15 is 0 Å². The zero-order valence-electron chi connectivity index (χ0n) is 21.7. The number of halogens is 2. The van der Waals surface area contributed by atoms with Crippen LogP contribution in [0.25, 0.3) is 0 Å². The van der Waals surface area contributed by atoms with Crippen LogP contribution in [0, 0.1) is 0 Å². The number of allylic oxidation sites excluding steroid dienone is 1. The Bertz CT molecular complexity index is 1420. The van der Waals surface area contributed by atoms with Gasteiger partial charge in [-0.2, -0.15) is 5.10 Å². The predicted octanol–water partition coefficient (Wildman–Crippen LogP) is 4.91. The van der Waals surface area contributed by atoms with E-state index in [1.54, 1.807) is 53.4 Å². The number of carbonyl (C=O) groups excluding carboxylic acids is 4. The molecule has 10 nitrogen and oxygen atoms in total. The molecule has 1 atom stereocenters. The number of likely N-dealkylation sites (tertiary alicyclic amines) is 1. The molecule has 4 rings (SSSR count). The molecule has 208 valence electrons. The van der Waals surface area contributed by atoms with E-state index < -0.39 is 11.8 Å². The number of aromatic nitrogens is 2. The first-order valence-corrected chi connectivity index (χ1v) is 13.5. The Kier molecular flexibility index (Phi) is 9.57. The van der Waals surface area contributed by atoms with Crippen molar-refractivity contribution in [2.24, 2.45) is 0 Å². The van der Waals surface area contributed by atoms with Crippen LogP contribution in [-0.4, -0.2) is 57.9 Å². The highest BCUT2D eigenvalue weighted by molar-refractivity contribution is 6.40. The van der Waals surface area contributed by atoms with E-state index in [2.05, 4.69) is 26.1 Å². The lowest BCUT2D eigenvalue weighted by atomic mass is 10.0. The molecule has 0 radical (unpaired) electrons. The summed E-state index contributed by atoms with van der Waals surface area (Å²) in [4.78, 5) is 52.5. The highest BCUT2D eigenvalue weighted by Gasteiger charge is 2.27. The molecule has 1 aliphatic heterocycles.